The molecule has 6 aromatic carbocycles. The molecule has 0 saturated heterocycles. The number of rotatable bonds is 4. The number of para-hydroxylation sites is 2. The lowest BCUT2D eigenvalue weighted by Gasteiger charge is -2.19. The molecule has 0 fully saturated rings. The molecular formula is C41H30N4O2S. The molecule has 2 aromatic heterocycles. The summed E-state index contributed by atoms with van der Waals surface area (Å²) in [5.74, 6) is 2.54. The van der Waals surface area contributed by atoms with Crippen LogP contribution in [0.15, 0.2) is 195 Å². The van der Waals surface area contributed by atoms with Crippen molar-refractivity contribution in [2.45, 2.75) is 9.79 Å². The van der Waals surface area contributed by atoms with Crippen LogP contribution in [0.3, 0.4) is 0 Å². The topological polar surface area (TPSA) is 77.0 Å². The van der Waals surface area contributed by atoms with Crippen LogP contribution in [0.2, 0.25) is 0 Å². The van der Waals surface area contributed by atoms with E-state index in [0.717, 1.165) is 28.0 Å². The van der Waals surface area contributed by atoms with Gasteiger partial charge in [0.15, 0.2) is 5.76 Å². The lowest BCUT2D eigenvalue weighted by molar-refractivity contribution is 0.584. The van der Waals surface area contributed by atoms with Gasteiger partial charge in [0.1, 0.15) is 0 Å². The molecule has 0 spiro atoms. The van der Waals surface area contributed by atoms with Crippen molar-refractivity contribution in [2.24, 2.45) is 0 Å². The molecule has 0 radical (unpaired) electrons. The maximum atomic E-state index is 5.74. The Morgan fingerprint density at radius 1 is 0.396 bits per heavy atom. The van der Waals surface area contributed by atoms with Crippen molar-refractivity contribution in [3.63, 3.8) is 0 Å². The average molecular weight is 643 g/mol. The first-order valence-electron chi connectivity index (χ1n) is 15.4. The van der Waals surface area contributed by atoms with Gasteiger partial charge in [0, 0.05) is 32.0 Å². The summed E-state index contributed by atoms with van der Waals surface area (Å²) in [5, 5.41) is 11.5. The van der Waals surface area contributed by atoms with Gasteiger partial charge in [-0.3, -0.25) is 0 Å². The van der Waals surface area contributed by atoms with Crippen LogP contribution in [0, 0.1) is 0 Å². The molecule has 3 heterocycles. The molecule has 1 N–H and O–H groups in total. The number of benzene rings is 6. The monoisotopic (exact) mass is 642 g/mol. The molecular weight excluding hydrogens is 613 g/mol. The molecule has 7 heteroatoms. The van der Waals surface area contributed by atoms with Crippen LogP contribution in [0.4, 0.5) is 11.4 Å². The normalized spacial score (nSPS) is 11.0. The van der Waals surface area contributed by atoms with Gasteiger partial charge in [-0.2, -0.15) is 0 Å². The molecule has 48 heavy (non-hydrogen) atoms. The van der Waals surface area contributed by atoms with Crippen LogP contribution in [-0.2, 0) is 0 Å². The van der Waals surface area contributed by atoms with Crippen LogP contribution < -0.4 is 5.32 Å². The summed E-state index contributed by atoms with van der Waals surface area (Å²) in [5.41, 5.74) is 6.31. The second-order valence-electron chi connectivity index (χ2n) is 10.6. The zero-order valence-corrected chi connectivity index (χ0v) is 26.6. The van der Waals surface area contributed by atoms with E-state index >= 15 is 0 Å². The third-order valence-electron chi connectivity index (χ3n) is 7.31. The van der Waals surface area contributed by atoms with Gasteiger partial charge in [0.05, 0.1) is 17.6 Å². The summed E-state index contributed by atoms with van der Waals surface area (Å²) in [7, 11) is 0. The number of aromatic nitrogens is 3. The summed E-state index contributed by atoms with van der Waals surface area (Å²) >= 11 is 1.82. The molecule has 232 valence electrons. The lowest BCUT2D eigenvalue weighted by Crippen LogP contribution is -1.98. The molecule has 6 nitrogen and oxygen atoms in total. The minimum absolute atomic E-state index is 0.546. The highest BCUT2D eigenvalue weighted by Gasteiger charge is 2.13. The number of nitrogens with one attached hydrogen (secondary N) is 1. The van der Waals surface area contributed by atoms with Crippen LogP contribution in [0.1, 0.15) is 0 Å². The van der Waals surface area contributed by atoms with E-state index in [9.17, 15) is 0 Å². The Morgan fingerprint density at radius 2 is 0.792 bits per heavy atom. The molecule has 0 aliphatic carbocycles. The van der Waals surface area contributed by atoms with Gasteiger partial charge in [0.25, 0.3) is 0 Å². The summed E-state index contributed by atoms with van der Waals surface area (Å²) in [6, 6.07) is 56.1. The number of oxazole rings is 1. The smallest absolute Gasteiger partial charge is 0.248 e. The summed E-state index contributed by atoms with van der Waals surface area (Å²) in [4.78, 5) is 6.89. The Labute approximate surface area is 283 Å². The molecule has 8 aromatic rings. The van der Waals surface area contributed by atoms with E-state index in [2.05, 4.69) is 69.0 Å². The van der Waals surface area contributed by atoms with Crippen molar-refractivity contribution in [1.82, 2.24) is 15.2 Å². The van der Waals surface area contributed by atoms with Crippen molar-refractivity contribution in [2.75, 3.05) is 5.32 Å². The molecule has 1 aliphatic rings. The average Bonchev–Trinajstić information content (AvgIpc) is 3.88. The Bertz CT molecular complexity index is 1880. The van der Waals surface area contributed by atoms with Crippen molar-refractivity contribution < 1.29 is 8.83 Å². The number of fused-ring (bicyclic) bond motifs is 2. The van der Waals surface area contributed by atoms with Gasteiger partial charge < -0.3 is 14.2 Å². The van der Waals surface area contributed by atoms with Crippen molar-refractivity contribution in [3.05, 3.63) is 176 Å². The van der Waals surface area contributed by atoms with Gasteiger partial charge >= 0.3 is 0 Å². The first-order valence-corrected chi connectivity index (χ1v) is 16.3. The lowest BCUT2D eigenvalue weighted by atomic mass is 10.2. The molecule has 1 aliphatic heterocycles. The predicted molar refractivity (Wildman–Crippen MR) is 193 cm³/mol. The first kappa shape index (κ1) is 30.5. The van der Waals surface area contributed by atoms with Crippen molar-refractivity contribution in [3.8, 4) is 45.7 Å². The van der Waals surface area contributed by atoms with Crippen LogP contribution in [-0.4, -0.2) is 15.2 Å². The minimum Gasteiger partial charge on any atom is -0.436 e. The van der Waals surface area contributed by atoms with Gasteiger partial charge in [-0.05, 0) is 60.7 Å². The fourth-order valence-electron chi connectivity index (χ4n) is 4.92. The highest BCUT2D eigenvalue weighted by molar-refractivity contribution is 7.99. The number of nitrogens with zero attached hydrogens (tertiary/aromatic N) is 3. The Hall–Kier alpha value is -6.18. The molecule has 9 rings (SSSR count). The number of hydrogen-bond donors (Lipinski definition) is 1. The first-order chi connectivity index (χ1) is 23.8. The molecule has 0 saturated carbocycles. The van der Waals surface area contributed by atoms with Crippen LogP contribution in [0.5, 0.6) is 0 Å². The largest absolute Gasteiger partial charge is 0.436 e. The van der Waals surface area contributed by atoms with Gasteiger partial charge in [-0.15, -0.1) is 10.2 Å². The van der Waals surface area contributed by atoms with E-state index in [0.29, 0.717) is 17.7 Å². The van der Waals surface area contributed by atoms with Crippen molar-refractivity contribution in [1.29, 1.82) is 0 Å². The van der Waals surface area contributed by atoms with E-state index in [1.165, 1.54) is 21.2 Å². The zero-order valence-electron chi connectivity index (χ0n) is 25.8. The third kappa shape index (κ3) is 7.44. The molecule has 0 atom stereocenters. The summed E-state index contributed by atoms with van der Waals surface area (Å²) < 4.78 is 11.4. The Kier molecular flexibility index (Phi) is 9.48. The zero-order chi connectivity index (χ0) is 32.4. The Balaban J connectivity index is 0.000000115. The third-order valence-corrected chi connectivity index (χ3v) is 8.47. The fraction of sp³-hybridized carbons (Fsp3) is 0. The van der Waals surface area contributed by atoms with E-state index < -0.39 is 0 Å². The quantitative estimate of drug-likeness (QED) is 0.205. The number of anilines is 2. The molecule has 0 unspecified atom stereocenters. The van der Waals surface area contributed by atoms with Gasteiger partial charge in [0.2, 0.25) is 17.7 Å². The van der Waals surface area contributed by atoms with Gasteiger partial charge in [-0.25, -0.2) is 4.98 Å². The van der Waals surface area contributed by atoms with E-state index in [4.69, 9.17) is 8.83 Å². The summed E-state index contributed by atoms with van der Waals surface area (Å²) in [6.07, 6.45) is 1.76. The second kappa shape index (κ2) is 14.9. The van der Waals surface area contributed by atoms with E-state index in [1.807, 2.05) is 133 Å². The van der Waals surface area contributed by atoms with Crippen LogP contribution in [0.25, 0.3) is 45.7 Å². The van der Waals surface area contributed by atoms with Crippen molar-refractivity contribution >= 4 is 23.1 Å². The highest BCUT2D eigenvalue weighted by atomic mass is 32.2. The molecule has 0 bridgehead atoms. The highest BCUT2D eigenvalue weighted by Crippen LogP contribution is 2.43. The second-order valence-corrected chi connectivity index (χ2v) is 11.7. The van der Waals surface area contributed by atoms with E-state index in [-0.39, 0.29) is 0 Å². The standard InChI is InChI=1S/C15H11NO.C14H10N2O.C12H9NS/c1-3-7-12(8-4-1)14-11-16-15(17-14)13-9-5-2-6-10-13;1-3-7-11(8-4-1)13-15-16-14(17-13)12-9-5-2-6-10-12;1-3-7-11-9(5-1)13-10-6-2-4-8-12(10)14-11/h1-11H;1-10H;1-8,13H. The van der Waals surface area contributed by atoms with E-state index in [1.54, 1.807) is 6.20 Å². The molecule has 0 amide bonds. The summed E-state index contributed by atoms with van der Waals surface area (Å²) in [6.45, 7) is 0. The predicted octanol–water partition coefficient (Wildman–Crippen LogP) is 11.3. The Morgan fingerprint density at radius 3 is 1.27 bits per heavy atom. The SMILES string of the molecule is c1ccc(-c2cnc(-c3ccccc3)o2)cc1.c1ccc(-c2nnc(-c3ccccc3)o2)cc1.c1ccc2c(c1)Nc1ccccc1S2. The fourth-order valence-corrected chi connectivity index (χ4v) is 5.91. The maximum Gasteiger partial charge on any atom is 0.248 e. The number of hydrogen-bond acceptors (Lipinski definition) is 7. The van der Waals surface area contributed by atoms with Crippen LogP contribution >= 0.6 is 11.8 Å². The maximum absolute atomic E-state index is 5.74. The van der Waals surface area contributed by atoms with Gasteiger partial charge in [-0.1, -0.05) is 121 Å². The minimum atomic E-state index is 0.546.